The summed E-state index contributed by atoms with van der Waals surface area (Å²) < 4.78 is 5.64. The first kappa shape index (κ1) is 13.2. The summed E-state index contributed by atoms with van der Waals surface area (Å²) in [6.07, 6.45) is 1.59. The van der Waals surface area contributed by atoms with Crippen molar-refractivity contribution in [3.8, 4) is 11.3 Å². The molecule has 1 unspecified atom stereocenters. The fourth-order valence-electron chi connectivity index (χ4n) is 1.82. The van der Waals surface area contributed by atoms with Crippen molar-refractivity contribution in [3.05, 3.63) is 46.0 Å². The van der Waals surface area contributed by atoms with Crippen LogP contribution in [0, 0.1) is 17.0 Å². The minimum absolute atomic E-state index is 0.00671. The van der Waals surface area contributed by atoms with Gasteiger partial charge in [-0.2, -0.15) is 0 Å². The van der Waals surface area contributed by atoms with Crippen molar-refractivity contribution in [1.29, 1.82) is 0 Å². The molecule has 0 aliphatic heterocycles. The second-order valence-electron chi connectivity index (χ2n) is 4.28. The zero-order chi connectivity index (χ0) is 14.0. The Hall–Kier alpha value is -2.21. The molecule has 0 saturated heterocycles. The Kier molecular flexibility index (Phi) is 3.62. The molecule has 1 N–H and O–H groups in total. The van der Waals surface area contributed by atoms with Gasteiger partial charge in [0.2, 0.25) is 5.89 Å². The molecule has 0 amide bonds. The number of rotatable bonds is 4. The molecule has 1 aromatic heterocycles. The molecule has 6 heteroatoms. The van der Waals surface area contributed by atoms with E-state index in [4.69, 9.17) is 4.42 Å². The maximum absolute atomic E-state index is 10.9. The summed E-state index contributed by atoms with van der Waals surface area (Å²) >= 11 is 0. The van der Waals surface area contributed by atoms with E-state index in [1.807, 2.05) is 14.0 Å². The zero-order valence-electron chi connectivity index (χ0n) is 11.0. The molecule has 0 saturated carbocycles. The Balaban J connectivity index is 2.45. The van der Waals surface area contributed by atoms with Gasteiger partial charge in [0.05, 0.1) is 17.2 Å². The highest BCUT2D eigenvalue weighted by Gasteiger charge is 2.18. The van der Waals surface area contributed by atoms with Crippen LogP contribution in [0.3, 0.4) is 0 Å². The van der Waals surface area contributed by atoms with Gasteiger partial charge in [-0.25, -0.2) is 4.98 Å². The largest absolute Gasteiger partial charge is 0.439 e. The summed E-state index contributed by atoms with van der Waals surface area (Å²) in [5, 5.41) is 13.9. The predicted octanol–water partition coefficient (Wildman–Crippen LogP) is 2.84. The third-order valence-corrected chi connectivity index (χ3v) is 3.09. The van der Waals surface area contributed by atoms with Crippen molar-refractivity contribution in [2.75, 3.05) is 7.05 Å². The van der Waals surface area contributed by atoms with Crippen LogP contribution in [0.4, 0.5) is 5.69 Å². The molecule has 0 aliphatic rings. The number of hydrogen-bond acceptors (Lipinski definition) is 5. The van der Waals surface area contributed by atoms with Crippen LogP contribution in [0.2, 0.25) is 0 Å². The summed E-state index contributed by atoms with van der Waals surface area (Å²) in [6.45, 7) is 3.63. The van der Waals surface area contributed by atoms with Gasteiger partial charge in [-0.05, 0) is 20.9 Å². The molecule has 19 heavy (non-hydrogen) atoms. The molecule has 100 valence electrons. The van der Waals surface area contributed by atoms with E-state index in [2.05, 4.69) is 10.3 Å². The van der Waals surface area contributed by atoms with Crippen LogP contribution in [-0.4, -0.2) is 17.0 Å². The van der Waals surface area contributed by atoms with Gasteiger partial charge >= 0.3 is 0 Å². The van der Waals surface area contributed by atoms with Gasteiger partial charge in [0.25, 0.3) is 5.69 Å². The lowest BCUT2D eigenvalue weighted by Gasteiger charge is -2.05. The third-order valence-electron chi connectivity index (χ3n) is 3.09. The minimum Gasteiger partial charge on any atom is -0.439 e. The van der Waals surface area contributed by atoms with Crippen LogP contribution >= 0.6 is 0 Å². The summed E-state index contributed by atoms with van der Waals surface area (Å²) in [5.41, 5.74) is 1.35. The minimum atomic E-state index is -0.396. The zero-order valence-corrected chi connectivity index (χ0v) is 11.0. The quantitative estimate of drug-likeness (QED) is 0.676. The first-order valence-corrected chi connectivity index (χ1v) is 5.92. The van der Waals surface area contributed by atoms with E-state index in [-0.39, 0.29) is 11.7 Å². The Morgan fingerprint density at radius 3 is 2.84 bits per heavy atom. The van der Waals surface area contributed by atoms with E-state index in [1.54, 1.807) is 25.3 Å². The number of oxazole rings is 1. The fourth-order valence-corrected chi connectivity index (χ4v) is 1.82. The molecular formula is C13H15N3O3. The van der Waals surface area contributed by atoms with E-state index in [9.17, 15) is 10.1 Å². The van der Waals surface area contributed by atoms with Crippen LogP contribution in [-0.2, 0) is 0 Å². The topological polar surface area (TPSA) is 81.2 Å². The number of aromatic nitrogens is 1. The van der Waals surface area contributed by atoms with E-state index in [1.165, 1.54) is 6.07 Å². The van der Waals surface area contributed by atoms with Gasteiger partial charge in [0.15, 0.2) is 5.76 Å². The standard InChI is InChI=1S/C13H15N3O3/c1-8-10(5-4-6-11(8)16(17)18)12-7-15-13(19-12)9(2)14-3/h4-7,9,14H,1-3H3. The highest BCUT2D eigenvalue weighted by atomic mass is 16.6. The normalized spacial score (nSPS) is 12.4. The number of nitrogens with one attached hydrogen (secondary N) is 1. The second-order valence-corrected chi connectivity index (χ2v) is 4.28. The molecule has 1 atom stereocenters. The van der Waals surface area contributed by atoms with Crippen molar-refractivity contribution in [2.24, 2.45) is 0 Å². The average molecular weight is 261 g/mol. The van der Waals surface area contributed by atoms with Crippen LogP contribution in [0.5, 0.6) is 0 Å². The van der Waals surface area contributed by atoms with E-state index in [0.717, 1.165) is 0 Å². The third kappa shape index (κ3) is 2.48. The van der Waals surface area contributed by atoms with Crippen molar-refractivity contribution in [3.63, 3.8) is 0 Å². The molecule has 0 fully saturated rings. The highest BCUT2D eigenvalue weighted by molar-refractivity contribution is 5.66. The maximum Gasteiger partial charge on any atom is 0.273 e. The van der Waals surface area contributed by atoms with Crippen LogP contribution in [0.1, 0.15) is 24.4 Å². The Morgan fingerprint density at radius 2 is 2.21 bits per heavy atom. The molecule has 0 aliphatic carbocycles. The fraction of sp³-hybridized carbons (Fsp3) is 0.308. The van der Waals surface area contributed by atoms with Crippen molar-refractivity contribution < 1.29 is 9.34 Å². The lowest BCUT2D eigenvalue weighted by atomic mass is 10.1. The summed E-state index contributed by atoms with van der Waals surface area (Å²) in [5.74, 6) is 1.10. The molecular weight excluding hydrogens is 246 g/mol. The van der Waals surface area contributed by atoms with Gasteiger partial charge in [-0.15, -0.1) is 0 Å². The highest BCUT2D eigenvalue weighted by Crippen LogP contribution is 2.30. The Labute approximate surface area is 110 Å². The molecule has 0 radical (unpaired) electrons. The van der Waals surface area contributed by atoms with Gasteiger partial charge in [-0.3, -0.25) is 10.1 Å². The van der Waals surface area contributed by atoms with E-state index >= 15 is 0 Å². The van der Waals surface area contributed by atoms with E-state index < -0.39 is 4.92 Å². The molecule has 1 aromatic carbocycles. The molecule has 2 aromatic rings. The van der Waals surface area contributed by atoms with E-state index in [0.29, 0.717) is 22.8 Å². The number of nitrogens with zero attached hydrogens (tertiary/aromatic N) is 2. The van der Waals surface area contributed by atoms with Crippen molar-refractivity contribution in [1.82, 2.24) is 10.3 Å². The average Bonchev–Trinajstić information content (AvgIpc) is 2.87. The van der Waals surface area contributed by atoms with Gasteiger partial charge < -0.3 is 9.73 Å². The van der Waals surface area contributed by atoms with Gasteiger partial charge in [0, 0.05) is 17.2 Å². The maximum atomic E-state index is 10.9. The summed E-state index contributed by atoms with van der Waals surface area (Å²) in [4.78, 5) is 14.7. The lowest BCUT2D eigenvalue weighted by molar-refractivity contribution is -0.385. The van der Waals surface area contributed by atoms with Crippen LogP contribution < -0.4 is 5.32 Å². The van der Waals surface area contributed by atoms with Crippen LogP contribution in [0.15, 0.2) is 28.8 Å². The number of nitro groups is 1. The number of hydrogen-bond donors (Lipinski definition) is 1. The number of nitro benzene ring substituents is 1. The van der Waals surface area contributed by atoms with Crippen LogP contribution in [0.25, 0.3) is 11.3 Å². The van der Waals surface area contributed by atoms with Crippen molar-refractivity contribution >= 4 is 5.69 Å². The SMILES string of the molecule is CNC(C)c1ncc(-c2cccc([N+](=O)[O-])c2C)o1. The molecule has 6 nitrogen and oxygen atoms in total. The second kappa shape index (κ2) is 5.19. The predicted molar refractivity (Wildman–Crippen MR) is 70.8 cm³/mol. The summed E-state index contributed by atoms with van der Waals surface area (Å²) in [7, 11) is 1.81. The molecule has 0 spiro atoms. The lowest BCUT2D eigenvalue weighted by Crippen LogP contribution is -2.12. The molecule has 2 rings (SSSR count). The Bertz CT molecular complexity index is 607. The Morgan fingerprint density at radius 1 is 1.47 bits per heavy atom. The first-order valence-electron chi connectivity index (χ1n) is 5.92. The van der Waals surface area contributed by atoms with Gasteiger partial charge in [-0.1, -0.05) is 12.1 Å². The van der Waals surface area contributed by atoms with Crippen molar-refractivity contribution in [2.45, 2.75) is 19.9 Å². The first-order chi connectivity index (χ1) is 9.04. The number of benzene rings is 1. The summed E-state index contributed by atoms with van der Waals surface area (Å²) in [6, 6.07) is 4.90. The monoisotopic (exact) mass is 261 g/mol. The smallest absolute Gasteiger partial charge is 0.273 e. The van der Waals surface area contributed by atoms with Gasteiger partial charge in [0.1, 0.15) is 0 Å². The molecule has 1 heterocycles. The molecule has 0 bridgehead atoms.